The number of imidazole rings is 1. The summed E-state index contributed by atoms with van der Waals surface area (Å²) in [6.45, 7) is 0. The van der Waals surface area contributed by atoms with Gasteiger partial charge in [-0.05, 0) is 6.07 Å². The molecule has 0 aliphatic rings. The molecule has 9 heteroatoms. The van der Waals surface area contributed by atoms with E-state index in [2.05, 4.69) is 20.9 Å². The maximum atomic E-state index is 10.7. The number of ether oxygens (including phenoxy) is 1. The highest BCUT2D eigenvalue weighted by Crippen LogP contribution is 2.34. The molecule has 0 spiro atoms. The van der Waals surface area contributed by atoms with Crippen LogP contribution in [0.15, 0.2) is 29.8 Å². The molecule has 0 aliphatic heterocycles. The molecule has 0 unspecified atom stereocenters. The van der Waals surface area contributed by atoms with E-state index < -0.39 is 4.92 Å². The van der Waals surface area contributed by atoms with Crippen LogP contribution >= 0.6 is 38.9 Å². The van der Waals surface area contributed by atoms with Crippen molar-refractivity contribution in [2.45, 2.75) is 5.33 Å². The second-order valence-electron chi connectivity index (χ2n) is 4.03. The van der Waals surface area contributed by atoms with Gasteiger partial charge in [0.15, 0.2) is 4.96 Å². The molecule has 0 radical (unpaired) electrons. The van der Waals surface area contributed by atoms with Gasteiger partial charge in [0.1, 0.15) is 5.75 Å². The quantitative estimate of drug-likeness (QED) is 0.371. The second kappa shape index (κ2) is 5.63. The summed E-state index contributed by atoms with van der Waals surface area (Å²) in [5.74, 6) is 0.754. The molecule has 6 nitrogen and oxygen atoms in total. The Bertz CT molecular complexity index is 832. The maximum Gasteiger partial charge on any atom is 0.271 e. The number of hydrogen-bond acceptors (Lipinski definition) is 5. The minimum absolute atomic E-state index is 0.0844. The lowest BCUT2D eigenvalue weighted by Gasteiger charge is -2.06. The van der Waals surface area contributed by atoms with Gasteiger partial charge >= 0.3 is 0 Å². The van der Waals surface area contributed by atoms with Crippen molar-refractivity contribution in [1.82, 2.24) is 9.38 Å². The smallest absolute Gasteiger partial charge is 0.271 e. The highest BCUT2D eigenvalue weighted by molar-refractivity contribution is 9.08. The molecule has 0 saturated heterocycles. The van der Waals surface area contributed by atoms with Crippen molar-refractivity contribution in [1.29, 1.82) is 0 Å². The fourth-order valence-corrected chi connectivity index (χ4v) is 3.25. The monoisotopic (exact) mass is 387 g/mol. The number of non-ortho nitro benzene ring substituents is 1. The Balaban J connectivity index is 1.98. The normalized spacial score (nSPS) is 11.0. The number of nitro benzene ring substituents is 1. The average Bonchev–Trinajstić information content (AvgIpc) is 3.00. The van der Waals surface area contributed by atoms with Gasteiger partial charge in [-0.3, -0.25) is 14.5 Å². The number of alkyl halides is 1. The molecule has 2 heterocycles. The van der Waals surface area contributed by atoms with Crippen molar-refractivity contribution in [3.63, 3.8) is 0 Å². The standard InChI is InChI=1S/C12H7BrClN3O3S/c13-6-9-11(15-12-16(9)3-4-21-12)20-10-2-1-7(17(18)19)5-8(10)14/h1-5H,6H2. The average molecular weight is 389 g/mol. The van der Waals surface area contributed by atoms with E-state index >= 15 is 0 Å². The Hall–Kier alpha value is -1.64. The van der Waals surface area contributed by atoms with Crippen LogP contribution in [0.5, 0.6) is 11.6 Å². The van der Waals surface area contributed by atoms with E-state index in [4.69, 9.17) is 16.3 Å². The van der Waals surface area contributed by atoms with E-state index in [1.54, 1.807) is 0 Å². The maximum absolute atomic E-state index is 10.7. The number of nitrogens with zero attached hydrogens (tertiary/aromatic N) is 3. The topological polar surface area (TPSA) is 69.7 Å². The van der Waals surface area contributed by atoms with E-state index in [9.17, 15) is 10.1 Å². The molecule has 0 N–H and O–H groups in total. The van der Waals surface area contributed by atoms with Crippen LogP contribution < -0.4 is 4.74 Å². The van der Waals surface area contributed by atoms with Crippen molar-refractivity contribution in [2.75, 3.05) is 0 Å². The van der Waals surface area contributed by atoms with Gasteiger partial charge in [-0.25, -0.2) is 0 Å². The van der Waals surface area contributed by atoms with Crippen LogP contribution in [0.1, 0.15) is 5.69 Å². The first-order valence-corrected chi connectivity index (χ1v) is 8.10. The third-order valence-corrected chi connectivity index (χ3v) is 4.37. The van der Waals surface area contributed by atoms with Crippen LogP contribution in [0.3, 0.4) is 0 Å². The van der Waals surface area contributed by atoms with Crippen LogP contribution in [-0.4, -0.2) is 14.3 Å². The number of thiazole rings is 1. The molecule has 2 aromatic heterocycles. The molecule has 0 atom stereocenters. The highest BCUT2D eigenvalue weighted by Gasteiger charge is 2.17. The molecule has 0 saturated carbocycles. The van der Waals surface area contributed by atoms with Gasteiger partial charge in [0.05, 0.1) is 15.6 Å². The summed E-state index contributed by atoms with van der Waals surface area (Å²) in [7, 11) is 0. The Kier molecular flexibility index (Phi) is 3.83. The fourth-order valence-electron chi connectivity index (χ4n) is 1.81. The summed E-state index contributed by atoms with van der Waals surface area (Å²) < 4.78 is 7.61. The summed E-state index contributed by atoms with van der Waals surface area (Å²) in [6, 6.07) is 4.06. The van der Waals surface area contributed by atoms with Crippen molar-refractivity contribution >= 4 is 49.5 Å². The van der Waals surface area contributed by atoms with Gasteiger partial charge in [-0.15, -0.1) is 11.3 Å². The van der Waals surface area contributed by atoms with Crippen LogP contribution in [-0.2, 0) is 5.33 Å². The molecule has 108 valence electrons. The Morgan fingerprint density at radius 2 is 2.33 bits per heavy atom. The zero-order valence-electron chi connectivity index (χ0n) is 10.3. The summed E-state index contributed by atoms with van der Waals surface area (Å²) in [4.78, 5) is 15.4. The van der Waals surface area contributed by atoms with Crippen LogP contribution in [0, 0.1) is 10.1 Å². The Morgan fingerprint density at radius 1 is 1.52 bits per heavy atom. The molecule has 0 aliphatic carbocycles. The molecule has 1 aromatic carbocycles. The van der Waals surface area contributed by atoms with Crippen molar-refractivity contribution < 1.29 is 9.66 Å². The van der Waals surface area contributed by atoms with Crippen LogP contribution in [0.2, 0.25) is 5.02 Å². The molecule has 0 bridgehead atoms. The van der Waals surface area contributed by atoms with Gasteiger partial charge in [0, 0.05) is 29.0 Å². The van der Waals surface area contributed by atoms with Crippen molar-refractivity contribution in [2.24, 2.45) is 0 Å². The lowest BCUT2D eigenvalue weighted by Crippen LogP contribution is -1.93. The first kappa shape index (κ1) is 14.3. The third-order valence-electron chi connectivity index (χ3n) is 2.78. The van der Waals surface area contributed by atoms with Gasteiger partial charge in [-0.1, -0.05) is 27.5 Å². The number of rotatable bonds is 4. The van der Waals surface area contributed by atoms with E-state index in [1.165, 1.54) is 29.5 Å². The molecular weight excluding hydrogens is 382 g/mol. The number of aromatic nitrogens is 2. The highest BCUT2D eigenvalue weighted by atomic mass is 79.9. The molecule has 3 rings (SSSR count). The number of hydrogen-bond donors (Lipinski definition) is 0. The summed E-state index contributed by atoms with van der Waals surface area (Å²) in [6.07, 6.45) is 1.90. The van der Waals surface area contributed by atoms with Crippen LogP contribution in [0.4, 0.5) is 5.69 Å². The number of nitro groups is 1. The third kappa shape index (κ3) is 2.61. The first-order valence-electron chi connectivity index (χ1n) is 5.72. The van der Waals surface area contributed by atoms with E-state index in [0.29, 0.717) is 17.0 Å². The molecule has 21 heavy (non-hydrogen) atoms. The lowest BCUT2D eigenvalue weighted by atomic mass is 10.3. The summed E-state index contributed by atoms with van der Waals surface area (Å²) in [5.41, 5.74) is 0.763. The second-order valence-corrected chi connectivity index (χ2v) is 5.87. The van der Waals surface area contributed by atoms with Crippen LogP contribution in [0.25, 0.3) is 4.96 Å². The zero-order chi connectivity index (χ0) is 15.0. The van der Waals surface area contributed by atoms with Gasteiger partial charge < -0.3 is 4.74 Å². The summed E-state index contributed by atoms with van der Waals surface area (Å²) >= 11 is 10.9. The van der Waals surface area contributed by atoms with Crippen molar-refractivity contribution in [3.8, 4) is 11.6 Å². The predicted octanol–water partition coefficient (Wildman–Crippen LogP) is 4.64. The summed E-state index contributed by atoms with van der Waals surface area (Å²) in [5, 5.41) is 13.3. The van der Waals surface area contributed by atoms with E-state index in [-0.39, 0.29) is 10.7 Å². The minimum Gasteiger partial charge on any atom is -0.436 e. The molecule has 0 amide bonds. The number of benzene rings is 1. The fraction of sp³-hybridized carbons (Fsp3) is 0.0833. The molecule has 0 fully saturated rings. The lowest BCUT2D eigenvalue weighted by molar-refractivity contribution is -0.384. The van der Waals surface area contributed by atoms with Gasteiger partial charge in [0.25, 0.3) is 5.69 Å². The largest absolute Gasteiger partial charge is 0.436 e. The number of fused-ring (bicyclic) bond motifs is 1. The molecular formula is C12H7BrClN3O3S. The Labute approximate surface area is 136 Å². The SMILES string of the molecule is O=[N+]([O-])c1ccc(Oc2nc3sccn3c2CBr)c(Cl)c1. The number of halogens is 2. The minimum atomic E-state index is -0.508. The van der Waals surface area contributed by atoms with Gasteiger partial charge in [0.2, 0.25) is 5.88 Å². The predicted molar refractivity (Wildman–Crippen MR) is 83.9 cm³/mol. The molecule has 3 aromatic rings. The van der Waals surface area contributed by atoms with E-state index in [0.717, 1.165) is 10.7 Å². The zero-order valence-corrected chi connectivity index (χ0v) is 13.5. The Morgan fingerprint density at radius 3 is 3.00 bits per heavy atom. The van der Waals surface area contributed by atoms with E-state index in [1.807, 2.05) is 16.0 Å². The van der Waals surface area contributed by atoms with Gasteiger partial charge in [-0.2, -0.15) is 4.98 Å². The van der Waals surface area contributed by atoms with Crippen molar-refractivity contribution in [3.05, 3.63) is 50.6 Å². The first-order chi connectivity index (χ1) is 10.1.